The number of hydrazone groups is 1. The quantitative estimate of drug-likeness (QED) is 0.559. The van der Waals surface area contributed by atoms with Gasteiger partial charge >= 0.3 is 5.97 Å². The highest BCUT2D eigenvalue weighted by molar-refractivity contribution is 6.33. The standard InChI is InChI=1S/C24H21ClN2O4/c1-30-22-11-8-16(12-23(22)31-2)21-14-20(15-6-4-3-5-7-15)26-27(21)17-9-10-19(25)18(13-17)24(28)29/h3-13,21H,14H2,1-2H3,(H,28,29)/t21-/m1/s1. The number of hydrogen-bond acceptors (Lipinski definition) is 5. The van der Waals surface area contributed by atoms with E-state index in [0.29, 0.717) is 23.6 Å². The van der Waals surface area contributed by atoms with E-state index in [9.17, 15) is 9.90 Å². The number of halogens is 1. The molecule has 1 atom stereocenters. The highest BCUT2D eigenvalue weighted by Gasteiger charge is 2.31. The first kappa shape index (κ1) is 20.8. The largest absolute Gasteiger partial charge is 0.493 e. The molecule has 3 aromatic rings. The average Bonchev–Trinajstić information content (AvgIpc) is 3.25. The summed E-state index contributed by atoms with van der Waals surface area (Å²) in [6.45, 7) is 0. The fraction of sp³-hybridized carbons (Fsp3) is 0.167. The summed E-state index contributed by atoms with van der Waals surface area (Å²) < 4.78 is 10.8. The smallest absolute Gasteiger partial charge is 0.337 e. The summed E-state index contributed by atoms with van der Waals surface area (Å²) in [7, 11) is 3.19. The summed E-state index contributed by atoms with van der Waals surface area (Å²) in [6, 6.07) is 20.4. The van der Waals surface area contributed by atoms with Gasteiger partial charge in [-0.3, -0.25) is 5.01 Å². The van der Waals surface area contributed by atoms with Crippen molar-refractivity contribution in [2.24, 2.45) is 5.10 Å². The molecule has 158 valence electrons. The third-order valence-corrected chi connectivity index (χ3v) is 5.58. The molecule has 0 bridgehead atoms. The minimum Gasteiger partial charge on any atom is -0.493 e. The lowest BCUT2D eigenvalue weighted by Gasteiger charge is -2.25. The molecule has 1 N–H and O–H groups in total. The van der Waals surface area contributed by atoms with Crippen molar-refractivity contribution in [3.05, 3.63) is 88.4 Å². The SMILES string of the molecule is COc1ccc([C@H]2CC(c3ccccc3)=NN2c2ccc(Cl)c(C(=O)O)c2)cc1OC. The number of benzene rings is 3. The van der Waals surface area contributed by atoms with E-state index in [1.54, 1.807) is 32.4 Å². The van der Waals surface area contributed by atoms with Crippen LogP contribution in [0.4, 0.5) is 5.69 Å². The molecule has 0 unspecified atom stereocenters. The molecular formula is C24H21ClN2O4. The van der Waals surface area contributed by atoms with E-state index < -0.39 is 5.97 Å². The van der Waals surface area contributed by atoms with E-state index in [1.807, 2.05) is 53.5 Å². The van der Waals surface area contributed by atoms with Crippen molar-refractivity contribution in [2.75, 3.05) is 19.2 Å². The number of rotatable bonds is 6. The Morgan fingerprint density at radius 2 is 1.77 bits per heavy atom. The lowest BCUT2D eigenvalue weighted by Crippen LogP contribution is -2.19. The van der Waals surface area contributed by atoms with E-state index >= 15 is 0 Å². The average molecular weight is 437 g/mol. The van der Waals surface area contributed by atoms with Gasteiger partial charge in [0.1, 0.15) is 0 Å². The molecule has 0 radical (unpaired) electrons. The number of nitrogens with zero attached hydrogens (tertiary/aromatic N) is 2. The van der Waals surface area contributed by atoms with Gasteiger partial charge in [0.05, 0.1) is 42.2 Å². The van der Waals surface area contributed by atoms with Crippen molar-refractivity contribution >= 4 is 29.0 Å². The van der Waals surface area contributed by atoms with Crippen molar-refractivity contribution in [1.29, 1.82) is 0 Å². The van der Waals surface area contributed by atoms with Gasteiger partial charge < -0.3 is 14.6 Å². The van der Waals surface area contributed by atoms with Crippen LogP contribution in [0.1, 0.15) is 33.9 Å². The van der Waals surface area contributed by atoms with Crippen molar-refractivity contribution in [1.82, 2.24) is 0 Å². The first-order valence-electron chi connectivity index (χ1n) is 9.68. The summed E-state index contributed by atoms with van der Waals surface area (Å²) in [4.78, 5) is 11.6. The lowest BCUT2D eigenvalue weighted by molar-refractivity contribution is 0.0697. The number of ether oxygens (including phenoxy) is 2. The molecule has 0 aromatic heterocycles. The van der Waals surface area contributed by atoms with Crippen molar-refractivity contribution in [3.8, 4) is 11.5 Å². The molecule has 0 spiro atoms. The van der Waals surface area contributed by atoms with Crippen molar-refractivity contribution in [3.63, 3.8) is 0 Å². The van der Waals surface area contributed by atoms with Gasteiger partial charge in [0, 0.05) is 6.42 Å². The molecule has 0 saturated carbocycles. The normalized spacial score (nSPS) is 15.5. The molecule has 1 aliphatic rings. The Kier molecular flexibility index (Phi) is 5.82. The van der Waals surface area contributed by atoms with Crippen LogP contribution in [0.15, 0.2) is 71.8 Å². The molecule has 1 heterocycles. The number of carboxylic acids is 1. The van der Waals surface area contributed by atoms with Gasteiger partial charge in [0.15, 0.2) is 11.5 Å². The van der Waals surface area contributed by atoms with Crippen LogP contribution in [0.2, 0.25) is 5.02 Å². The van der Waals surface area contributed by atoms with Crippen LogP contribution in [-0.4, -0.2) is 31.0 Å². The molecule has 0 amide bonds. The molecule has 31 heavy (non-hydrogen) atoms. The maximum absolute atomic E-state index is 11.6. The van der Waals surface area contributed by atoms with Crippen molar-refractivity contribution in [2.45, 2.75) is 12.5 Å². The number of carboxylic acid groups (broad SMARTS) is 1. The van der Waals surface area contributed by atoms with Crippen LogP contribution >= 0.6 is 11.6 Å². The van der Waals surface area contributed by atoms with Gasteiger partial charge in [-0.15, -0.1) is 0 Å². The fourth-order valence-corrected chi connectivity index (χ4v) is 3.89. The number of hydrogen-bond donors (Lipinski definition) is 1. The maximum atomic E-state index is 11.6. The Bertz CT molecular complexity index is 1150. The van der Waals surface area contributed by atoms with Crippen LogP contribution in [0, 0.1) is 0 Å². The Labute approximate surface area is 185 Å². The summed E-state index contributed by atoms with van der Waals surface area (Å²) >= 11 is 6.08. The van der Waals surface area contributed by atoms with Gasteiger partial charge in [0.25, 0.3) is 0 Å². The van der Waals surface area contributed by atoms with E-state index in [-0.39, 0.29) is 16.6 Å². The summed E-state index contributed by atoms with van der Waals surface area (Å²) in [6.07, 6.45) is 0.643. The second-order valence-electron chi connectivity index (χ2n) is 7.06. The van der Waals surface area contributed by atoms with E-state index in [1.165, 1.54) is 0 Å². The Morgan fingerprint density at radius 3 is 2.45 bits per heavy atom. The zero-order chi connectivity index (χ0) is 22.0. The second kappa shape index (κ2) is 8.70. The fourth-order valence-electron chi connectivity index (χ4n) is 3.69. The van der Waals surface area contributed by atoms with Gasteiger partial charge in [-0.1, -0.05) is 48.0 Å². The number of aromatic carboxylic acids is 1. The molecule has 1 aliphatic heterocycles. The third-order valence-electron chi connectivity index (χ3n) is 5.25. The lowest BCUT2D eigenvalue weighted by atomic mass is 9.97. The van der Waals surface area contributed by atoms with Crippen LogP contribution in [0.25, 0.3) is 0 Å². The maximum Gasteiger partial charge on any atom is 0.337 e. The van der Waals surface area contributed by atoms with E-state index in [0.717, 1.165) is 16.8 Å². The second-order valence-corrected chi connectivity index (χ2v) is 7.47. The van der Waals surface area contributed by atoms with Crippen LogP contribution < -0.4 is 14.5 Å². The molecule has 0 fully saturated rings. The van der Waals surface area contributed by atoms with Crippen LogP contribution in [0.5, 0.6) is 11.5 Å². The van der Waals surface area contributed by atoms with Crippen LogP contribution in [-0.2, 0) is 0 Å². The molecule has 0 aliphatic carbocycles. The minimum absolute atomic E-state index is 0.0357. The van der Waals surface area contributed by atoms with Gasteiger partial charge in [-0.2, -0.15) is 5.10 Å². The van der Waals surface area contributed by atoms with Gasteiger partial charge in [-0.05, 0) is 41.5 Å². The zero-order valence-electron chi connectivity index (χ0n) is 17.1. The van der Waals surface area contributed by atoms with Crippen molar-refractivity contribution < 1.29 is 19.4 Å². The predicted molar refractivity (Wildman–Crippen MR) is 121 cm³/mol. The Hall–Kier alpha value is -3.51. The highest BCUT2D eigenvalue weighted by Crippen LogP contribution is 2.40. The van der Waals surface area contributed by atoms with Gasteiger partial charge in [-0.25, -0.2) is 4.79 Å². The first-order valence-corrected chi connectivity index (χ1v) is 10.1. The summed E-state index contributed by atoms with van der Waals surface area (Å²) in [5, 5.41) is 16.4. The molecule has 6 nitrogen and oxygen atoms in total. The molecule has 7 heteroatoms. The number of anilines is 1. The Morgan fingerprint density at radius 1 is 1.03 bits per heavy atom. The van der Waals surface area contributed by atoms with E-state index in [2.05, 4.69) is 0 Å². The highest BCUT2D eigenvalue weighted by atomic mass is 35.5. The summed E-state index contributed by atoms with van der Waals surface area (Å²) in [5.41, 5.74) is 3.58. The minimum atomic E-state index is -1.08. The predicted octanol–water partition coefficient (Wildman–Crippen LogP) is 5.41. The first-order chi connectivity index (χ1) is 15.0. The molecule has 0 saturated heterocycles. The third kappa shape index (κ3) is 4.07. The number of carbonyl (C=O) groups is 1. The molecule has 3 aromatic carbocycles. The zero-order valence-corrected chi connectivity index (χ0v) is 17.8. The topological polar surface area (TPSA) is 71.4 Å². The summed E-state index contributed by atoms with van der Waals surface area (Å²) in [5.74, 6) is 0.177. The monoisotopic (exact) mass is 436 g/mol. The van der Waals surface area contributed by atoms with Gasteiger partial charge in [0.2, 0.25) is 0 Å². The Balaban J connectivity index is 1.81. The molecule has 4 rings (SSSR count). The van der Waals surface area contributed by atoms with Crippen LogP contribution in [0.3, 0.4) is 0 Å². The molecular weight excluding hydrogens is 416 g/mol. The van der Waals surface area contributed by atoms with E-state index in [4.69, 9.17) is 26.2 Å². The number of methoxy groups -OCH3 is 2.